The second-order valence-electron chi connectivity index (χ2n) is 5.17. The molecule has 0 aliphatic heterocycles. The first-order valence-corrected chi connectivity index (χ1v) is 8.57. The molecule has 0 fully saturated rings. The van der Waals surface area contributed by atoms with Crippen LogP contribution in [-0.4, -0.2) is 24.9 Å². The van der Waals surface area contributed by atoms with Gasteiger partial charge in [0.15, 0.2) is 0 Å². The Labute approximate surface area is 151 Å². The van der Waals surface area contributed by atoms with Crippen molar-refractivity contribution < 1.29 is 9.59 Å². The van der Waals surface area contributed by atoms with Crippen LogP contribution in [0.1, 0.15) is 31.8 Å². The van der Waals surface area contributed by atoms with Crippen LogP contribution < -0.4 is 10.6 Å². The minimum atomic E-state index is -0.183. The van der Waals surface area contributed by atoms with E-state index in [1.165, 1.54) is 0 Å². The predicted octanol–water partition coefficient (Wildman–Crippen LogP) is 3.32. The third-order valence-electron chi connectivity index (χ3n) is 3.44. The monoisotopic (exact) mass is 364 g/mol. The molecule has 0 aliphatic rings. The molecule has 2 aromatic carbocycles. The van der Waals surface area contributed by atoms with Gasteiger partial charge in [0.25, 0.3) is 11.8 Å². The van der Waals surface area contributed by atoms with Crippen molar-refractivity contribution in [3.05, 3.63) is 70.8 Å². The van der Waals surface area contributed by atoms with Crippen molar-refractivity contribution in [3.8, 4) is 0 Å². The lowest BCUT2D eigenvalue weighted by Crippen LogP contribution is -2.34. The minimum Gasteiger partial charge on any atom is -0.350 e. The van der Waals surface area contributed by atoms with Crippen LogP contribution >= 0.6 is 23.2 Å². The Balaban J connectivity index is 1.74. The van der Waals surface area contributed by atoms with Crippen molar-refractivity contribution in [2.45, 2.75) is 11.8 Å². The molecule has 4 nitrogen and oxygen atoms in total. The van der Waals surface area contributed by atoms with Gasteiger partial charge in [0, 0.05) is 36.0 Å². The number of hydrogen-bond donors (Lipinski definition) is 2. The quantitative estimate of drug-likeness (QED) is 0.584. The second-order valence-corrected chi connectivity index (χ2v) is 5.71. The molecule has 2 aromatic rings. The smallest absolute Gasteiger partial charge is 0.251 e. The maximum Gasteiger partial charge on any atom is 0.251 e. The number of benzene rings is 2. The van der Waals surface area contributed by atoms with E-state index in [1.807, 2.05) is 24.3 Å². The van der Waals surface area contributed by atoms with Crippen LogP contribution in [0, 0.1) is 0 Å². The Morgan fingerprint density at radius 3 is 1.29 bits per heavy atom. The normalized spacial score (nSPS) is 10.2. The zero-order chi connectivity index (χ0) is 17.4. The van der Waals surface area contributed by atoms with Crippen LogP contribution in [0.25, 0.3) is 0 Å². The highest BCUT2D eigenvalue weighted by molar-refractivity contribution is 6.17. The van der Waals surface area contributed by atoms with Gasteiger partial charge in [0.05, 0.1) is 0 Å². The van der Waals surface area contributed by atoms with Gasteiger partial charge in [-0.3, -0.25) is 9.59 Å². The Kier molecular flexibility index (Phi) is 7.09. The van der Waals surface area contributed by atoms with Crippen molar-refractivity contribution >= 4 is 35.0 Å². The molecule has 0 spiro atoms. The fraction of sp³-hybridized carbons (Fsp3) is 0.222. The Morgan fingerprint density at radius 1 is 0.667 bits per heavy atom. The fourth-order valence-electron chi connectivity index (χ4n) is 2.05. The van der Waals surface area contributed by atoms with E-state index >= 15 is 0 Å². The molecule has 0 saturated heterocycles. The molecule has 0 saturated carbocycles. The predicted molar refractivity (Wildman–Crippen MR) is 96.7 cm³/mol. The van der Waals surface area contributed by atoms with Gasteiger partial charge in [-0.25, -0.2) is 0 Å². The zero-order valence-electron chi connectivity index (χ0n) is 13.0. The Bertz CT molecular complexity index is 624. The van der Waals surface area contributed by atoms with Crippen LogP contribution in [0.3, 0.4) is 0 Å². The van der Waals surface area contributed by atoms with E-state index in [9.17, 15) is 9.59 Å². The number of carbonyl (C=O) groups is 2. The topological polar surface area (TPSA) is 58.2 Å². The molecule has 2 rings (SSSR count). The van der Waals surface area contributed by atoms with Gasteiger partial charge >= 0.3 is 0 Å². The third-order valence-corrected chi connectivity index (χ3v) is 4.05. The molecule has 2 N–H and O–H groups in total. The molecule has 0 heterocycles. The van der Waals surface area contributed by atoms with E-state index in [4.69, 9.17) is 23.2 Å². The second kappa shape index (κ2) is 9.30. The zero-order valence-corrected chi connectivity index (χ0v) is 14.5. The van der Waals surface area contributed by atoms with Gasteiger partial charge in [-0.2, -0.15) is 0 Å². The number of carbonyl (C=O) groups excluding carboxylic acids is 2. The van der Waals surface area contributed by atoms with Crippen LogP contribution in [0.4, 0.5) is 0 Å². The lowest BCUT2D eigenvalue weighted by Gasteiger charge is -2.08. The van der Waals surface area contributed by atoms with Crippen LogP contribution in [-0.2, 0) is 11.8 Å². The van der Waals surface area contributed by atoms with Crippen molar-refractivity contribution in [1.82, 2.24) is 10.6 Å². The van der Waals surface area contributed by atoms with Crippen LogP contribution in [0.5, 0.6) is 0 Å². The lowest BCUT2D eigenvalue weighted by molar-refractivity contribution is 0.0927. The van der Waals surface area contributed by atoms with Gasteiger partial charge in [-0.05, 0) is 35.4 Å². The summed E-state index contributed by atoms with van der Waals surface area (Å²) in [7, 11) is 0. The number of halogens is 2. The maximum absolute atomic E-state index is 12.0. The summed E-state index contributed by atoms with van der Waals surface area (Å²) in [4.78, 5) is 23.9. The summed E-state index contributed by atoms with van der Waals surface area (Å²) in [5.74, 6) is 0.466. The molecule has 126 valence electrons. The standard InChI is InChI=1S/C18H18Cl2N2O2/c19-11-13-1-5-15(6-2-13)17(23)21-9-10-22-18(24)16-7-3-14(12-20)4-8-16/h1-8H,9-12H2,(H,21,23)(H,22,24). The number of hydrogen-bond acceptors (Lipinski definition) is 2. The van der Waals surface area contributed by atoms with Gasteiger partial charge in [0.2, 0.25) is 0 Å². The van der Waals surface area contributed by atoms with Crippen molar-refractivity contribution in [1.29, 1.82) is 0 Å². The molecular weight excluding hydrogens is 347 g/mol. The van der Waals surface area contributed by atoms with E-state index in [0.717, 1.165) is 11.1 Å². The average Bonchev–Trinajstić information content (AvgIpc) is 2.65. The summed E-state index contributed by atoms with van der Waals surface area (Å²) >= 11 is 11.4. The summed E-state index contributed by atoms with van der Waals surface area (Å²) in [6.45, 7) is 0.698. The van der Waals surface area contributed by atoms with Gasteiger partial charge < -0.3 is 10.6 Å². The maximum atomic E-state index is 12.0. The first kappa shape index (κ1) is 18.3. The number of alkyl halides is 2. The summed E-state index contributed by atoms with van der Waals surface area (Å²) in [5.41, 5.74) is 3.04. The molecule has 0 aliphatic carbocycles. The summed E-state index contributed by atoms with van der Waals surface area (Å²) in [6, 6.07) is 14.2. The van der Waals surface area contributed by atoms with E-state index in [2.05, 4.69) is 10.6 Å². The highest BCUT2D eigenvalue weighted by Gasteiger charge is 2.07. The van der Waals surface area contributed by atoms with Crippen molar-refractivity contribution in [2.75, 3.05) is 13.1 Å². The van der Waals surface area contributed by atoms with Crippen LogP contribution in [0.15, 0.2) is 48.5 Å². The molecule has 2 amide bonds. The largest absolute Gasteiger partial charge is 0.350 e. The molecule has 0 bridgehead atoms. The van der Waals surface area contributed by atoms with Gasteiger partial charge in [-0.15, -0.1) is 23.2 Å². The van der Waals surface area contributed by atoms with E-state index < -0.39 is 0 Å². The number of rotatable bonds is 7. The molecular formula is C18H18Cl2N2O2. The minimum absolute atomic E-state index is 0.183. The fourth-order valence-corrected chi connectivity index (χ4v) is 2.40. The molecule has 0 radical (unpaired) electrons. The van der Waals surface area contributed by atoms with Crippen LogP contribution in [0.2, 0.25) is 0 Å². The number of nitrogens with one attached hydrogen (secondary N) is 2. The molecule has 0 atom stereocenters. The lowest BCUT2D eigenvalue weighted by atomic mass is 10.1. The molecule has 6 heteroatoms. The Morgan fingerprint density at radius 2 is 1.00 bits per heavy atom. The van der Waals surface area contributed by atoms with Crippen molar-refractivity contribution in [2.24, 2.45) is 0 Å². The number of amides is 2. The molecule has 0 unspecified atom stereocenters. The summed E-state index contributed by atoms with van der Waals surface area (Å²) in [5, 5.41) is 5.51. The summed E-state index contributed by atoms with van der Waals surface area (Å²) < 4.78 is 0. The highest BCUT2D eigenvalue weighted by atomic mass is 35.5. The average molecular weight is 365 g/mol. The van der Waals surface area contributed by atoms with E-state index in [1.54, 1.807) is 24.3 Å². The van der Waals surface area contributed by atoms with Gasteiger partial charge in [-0.1, -0.05) is 24.3 Å². The highest BCUT2D eigenvalue weighted by Crippen LogP contribution is 2.07. The first-order valence-electron chi connectivity index (χ1n) is 7.50. The van der Waals surface area contributed by atoms with Crippen molar-refractivity contribution in [3.63, 3.8) is 0 Å². The molecule has 24 heavy (non-hydrogen) atoms. The van der Waals surface area contributed by atoms with Gasteiger partial charge in [0.1, 0.15) is 0 Å². The third kappa shape index (κ3) is 5.25. The molecule has 0 aromatic heterocycles. The van der Waals surface area contributed by atoms with E-state index in [0.29, 0.717) is 36.0 Å². The summed E-state index contributed by atoms with van der Waals surface area (Å²) in [6.07, 6.45) is 0. The SMILES string of the molecule is O=C(NCCNC(=O)c1ccc(CCl)cc1)c1ccc(CCl)cc1. The van der Waals surface area contributed by atoms with E-state index in [-0.39, 0.29) is 11.8 Å². The Hall–Kier alpha value is -2.04. The first-order chi connectivity index (χ1) is 11.6.